The van der Waals surface area contributed by atoms with Crippen LogP contribution in [0.1, 0.15) is 12.8 Å². The molecule has 1 aromatic rings. The standard InChI is InChI=1S/C11H13F3N2O2S/c12-8-3-2-6-16(7-8)19(17,18)15-11-9(13)4-1-5-10(11)14/h1,4-5,8,15H,2-3,6-7H2. The fraction of sp³-hybridized carbons (Fsp3) is 0.455. The predicted molar refractivity (Wildman–Crippen MR) is 64.6 cm³/mol. The van der Waals surface area contributed by atoms with Crippen molar-refractivity contribution < 1.29 is 21.6 Å². The molecule has 1 saturated heterocycles. The second-order valence-corrected chi connectivity index (χ2v) is 5.97. The van der Waals surface area contributed by atoms with Crippen LogP contribution in [0.5, 0.6) is 0 Å². The van der Waals surface area contributed by atoms with Crippen molar-refractivity contribution in [1.82, 2.24) is 4.31 Å². The highest BCUT2D eigenvalue weighted by molar-refractivity contribution is 7.90. The Labute approximate surface area is 109 Å². The normalized spacial score (nSPS) is 21.3. The predicted octanol–water partition coefficient (Wildman–Crippen LogP) is 2.06. The Bertz CT molecular complexity index is 545. The van der Waals surface area contributed by atoms with Crippen molar-refractivity contribution in [3.63, 3.8) is 0 Å². The number of para-hydroxylation sites is 1. The third kappa shape index (κ3) is 3.19. The molecule has 4 nitrogen and oxygen atoms in total. The zero-order chi connectivity index (χ0) is 14.0. The molecule has 1 unspecified atom stereocenters. The summed E-state index contributed by atoms with van der Waals surface area (Å²) in [5, 5.41) is 0. The number of hydrogen-bond acceptors (Lipinski definition) is 2. The monoisotopic (exact) mass is 294 g/mol. The van der Waals surface area contributed by atoms with Crippen LogP contribution in [0.25, 0.3) is 0 Å². The third-order valence-electron chi connectivity index (χ3n) is 2.86. The topological polar surface area (TPSA) is 49.4 Å². The average Bonchev–Trinajstić information content (AvgIpc) is 2.34. The lowest BCUT2D eigenvalue weighted by Gasteiger charge is -2.28. The average molecular weight is 294 g/mol. The molecule has 0 spiro atoms. The van der Waals surface area contributed by atoms with Crippen molar-refractivity contribution in [2.75, 3.05) is 17.8 Å². The van der Waals surface area contributed by atoms with Crippen LogP contribution in [-0.2, 0) is 10.2 Å². The van der Waals surface area contributed by atoms with E-state index in [-0.39, 0.29) is 13.1 Å². The Morgan fingerprint density at radius 1 is 1.26 bits per heavy atom. The highest BCUT2D eigenvalue weighted by Crippen LogP contribution is 2.22. The third-order valence-corrected chi connectivity index (χ3v) is 4.33. The first kappa shape index (κ1) is 14.1. The molecule has 19 heavy (non-hydrogen) atoms. The molecule has 106 valence electrons. The summed E-state index contributed by atoms with van der Waals surface area (Å²) >= 11 is 0. The van der Waals surface area contributed by atoms with Crippen molar-refractivity contribution in [3.05, 3.63) is 29.8 Å². The summed E-state index contributed by atoms with van der Waals surface area (Å²) in [6.45, 7) is -0.169. The first-order chi connectivity index (χ1) is 8.90. The molecule has 0 aliphatic carbocycles. The molecule has 0 saturated carbocycles. The van der Waals surface area contributed by atoms with Crippen LogP contribution in [-0.4, -0.2) is 32.0 Å². The molecule has 0 bridgehead atoms. The van der Waals surface area contributed by atoms with Gasteiger partial charge in [-0.15, -0.1) is 0 Å². The molecular formula is C11H13F3N2O2S. The zero-order valence-corrected chi connectivity index (χ0v) is 10.8. The van der Waals surface area contributed by atoms with E-state index < -0.39 is 33.7 Å². The molecular weight excluding hydrogens is 281 g/mol. The van der Waals surface area contributed by atoms with Crippen LogP contribution in [0.4, 0.5) is 18.9 Å². The minimum atomic E-state index is -4.15. The van der Waals surface area contributed by atoms with E-state index in [0.29, 0.717) is 12.8 Å². The maximum atomic E-state index is 13.4. The first-order valence-electron chi connectivity index (χ1n) is 5.76. The molecule has 0 radical (unpaired) electrons. The van der Waals surface area contributed by atoms with Gasteiger partial charge in [0.05, 0.1) is 0 Å². The summed E-state index contributed by atoms with van der Waals surface area (Å²) in [6.07, 6.45) is -0.585. The van der Waals surface area contributed by atoms with Crippen LogP contribution < -0.4 is 4.72 Å². The maximum absolute atomic E-state index is 13.4. The van der Waals surface area contributed by atoms with Crippen molar-refractivity contribution in [1.29, 1.82) is 0 Å². The molecule has 1 atom stereocenters. The summed E-state index contributed by atoms with van der Waals surface area (Å²) < 4.78 is 66.4. The summed E-state index contributed by atoms with van der Waals surface area (Å²) in [5.74, 6) is -2.03. The second kappa shape index (κ2) is 5.38. The van der Waals surface area contributed by atoms with Gasteiger partial charge < -0.3 is 0 Å². The maximum Gasteiger partial charge on any atom is 0.301 e. The highest BCUT2D eigenvalue weighted by atomic mass is 32.2. The van der Waals surface area contributed by atoms with Gasteiger partial charge in [-0.25, -0.2) is 13.2 Å². The Morgan fingerprint density at radius 2 is 1.89 bits per heavy atom. The number of alkyl halides is 1. The molecule has 1 aromatic carbocycles. The van der Waals surface area contributed by atoms with Gasteiger partial charge in [-0.1, -0.05) is 6.07 Å². The van der Waals surface area contributed by atoms with E-state index in [1.807, 2.05) is 4.72 Å². The Balaban J connectivity index is 2.21. The lowest BCUT2D eigenvalue weighted by Crippen LogP contribution is -2.43. The second-order valence-electron chi connectivity index (χ2n) is 4.30. The number of rotatable bonds is 3. The Kier molecular flexibility index (Phi) is 4.00. The van der Waals surface area contributed by atoms with Crippen molar-refractivity contribution in [2.45, 2.75) is 19.0 Å². The molecule has 0 amide bonds. The van der Waals surface area contributed by atoms with E-state index in [2.05, 4.69) is 0 Å². The molecule has 1 heterocycles. The largest absolute Gasteiger partial charge is 0.301 e. The quantitative estimate of drug-likeness (QED) is 0.927. The van der Waals surface area contributed by atoms with Crippen molar-refractivity contribution in [3.8, 4) is 0 Å². The van der Waals surface area contributed by atoms with Gasteiger partial charge in [-0.2, -0.15) is 12.7 Å². The molecule has 8 heteroatoms. The zero-order valence-electron chi connectivity index (χ0n) is 9.94. The van der Waals surface area contributed by atoms with E-state index in [9.17, 15) is 21.6 Å². The van der Waals surface area contributed by atoms with E-state index >= 15 is 0 Å². The SMILES string of the molecule is O=S(=O)(Nc1c(F)cccc1F)N1CCCC(F)C1. The van der Waals surface area contributed by atoms with Crippen LogP contribution in [0, 0.1) is 11.6 Å². The van der Waals surface area contributed by atoms with Crippen LogP contribution >= 0.6 is 0 Å². The minimum Gasteiger partial charge on any atom is -0.265 e. The Morgan fingerprint density at radius 3 is 2.47 bits per heavy atom. The number of nitrogens with one attached hydrogen (secondary N) is 1. The smallest absolute Gasteiger partial charge is 0.265 e. The van der Waals surface area contributed by atoms with Crippen LogP contribution in [0.2, 0.25) is 0 Å². The summed E-state index contributed by atoms with van der Waals surface area (Å²) in [5.41, 5.74) is -0.747. The lowest BCUT2D eigenvalue weighted by molar-refractivity contribution is 0.203. The van der Waals surface area contributed by atoms with E-state index in [4.69, 9.17) is 0 Å². The highest BCUT2D eigenvalue weighted by Gasteiger charge is 2.30. The van der Waals surface area contributed by atoms with Gasteiger partial charge in [0.15, 0.2) is 0 Å². The summed E-state index contributed by atoms with van der Waals surface area (Å²) in [4.78, 5) is 0. The molecule has 1 aliphatic rings. The summed E-state index contributed by atoms with van der Waals surface area (Å²) in [6, 6.07) is 3.01. The molecule has 1 aliphatic heterocycles. The van der Waals surface area contributed by atoms with Gasteiger partial charge in [0.2, 0.25) is 0 Å². The number of anilines is 1. The summed E-state index contributed by atoms with van der Waals surface area (Å²) in [7, 11) is -4.15. The van der Waals surface area contributed by atoms with Crippen LogP contribution in [0.15, 0.2) is 18.2 Å². The van der Waals surface area contributed by atoms with E-state index in [1.54, 1.807) is 0 Å². The minimum absolute atomic E-state index is 0.131. The number of halogens is 3. The number of benzene rings is 1. The van der Waals surface area contributed by atoms with Crippen LogP contribution in [0.3, 0.4) is 0 Å². The number of nitrogens with zero attached hydrogens (tertiary/aromatic N) is 1. The van der Waals surface area contributed by atoms with E-state index in [0.717, 1.165) is 22.5 Å². The fourth-order valence-corrected chi connectivity index (χ4v) is 3.21. The van der Waals surface area contributed by atoms with Crippen molar-refractivity contribution >= 4 is 15.9 Å². The lowest BCUT2D eigenvalue weighted by atomic mass is 10.1. The van der Waals surface area contributed by atoms with E-state index in [1.165, 1.54) is 0 Å². The Hall–Kier alpha value is -1.28. The molecule has 2 rings (SSSR count). The van der Waals surface area contributed by atoms with Gasteiger partial charge in [-0.05, 0) is 25.0 Å². The van der Waals surface area contributed by atoms with Crippen molar-refractivity contribution in [2.24, 2.45) is 0 Å². The number of hydrogen-bond donors (Lipinski definition) is 1. The molecule has 0 aromatic heterocycles. The van der Waals surface area contributed by atoms with Gasteiger partial charge >= 0.3 is 10.2 Å². The fourth-order valence-electron chi connectivity index (χ4n) is 1.90. The first-order valence-corrected chi connectivity index (χ1v) is 7.20. The van der Waals surface area contributed by atoms with Gasteiger partial charge in [0.25, 0.3) is 0 Å². The van der Waals surface area contributed by atoms with Gasteiger partial charge in [0.1, 0.15) is 23.5 Å². The molecule has 1 N–H and O–H groups in total. The number of piperidine rings is 1. The molecule has 1 fully saturated rings. The van der Waals surface area contributed by atoms with Gasteiger partial charge in [0, 0.05) is 13.1 Å². The van der Waals surface area contributed by atoms with Gasteiger partial charge in [-0.3, -0.25) is 4.72 Å².